The first-order valence-corrected chi connectivity index (χ1v) is 8.85. The van der Waals surface area contributed by atoms with Crippen molar-refractivity contribution in [3.8, 4) is 5.75 Å². The van der Waals surface area contributed by atoms with Crippen LogP contribution in [-0.4, -0.2) is 25.5 Å². The molecule has 2 amide bonds. The summed E-state index contributed by atoms with van der Waals surface area (Å²) in [6.45, 7) is 0.325. The molecule has 0 spiro atoms. The lowest BCUT2D eigenvalue weighted by molar-refractivity contribution is -0.122. The van der Waals surface area contributed by atoms with Gasteiger partial charge in [-0.25, -0.2) is 0 Å². The van der Waals surface area contributed by atoms with Crippen LogP contribution in [0, 0.1) is 5.92 Å². The summed E-state index contributed by atoms with van der Waals surface area (Å²) in [5.74, 6) is -0.0727. The van der Waals surface area contributed by atoms with Crippen molar-refractivity contribution in [1.82, 2.24) is 0 Å². The summed E-state index contributed by atoms with van der Waals surface area (Å²) in [5, 5.41) is 3.24. The Morgan fingerprint density at radius 1 is 1.32 bits per heavy atom. The number of carbonyl (C=O) groups is 2. The lowest BCUT2D eigenvalue weighted by Crippen LogP contribution is -2.28. The normalized spacial score (nSPS) is 16.8. The van der Waals surface area contributed by atoms with Gasteiger partial charge < -0.3 is 15.0 Å². The Kier molecular flexibility index (Phi) is 5.30. The zero-order valence-electron chi connectivity index (χ0n) is 13.5. The van der Waals surface area contributed by atoms with Crippen molar-refractivity contribution in [2.75, 3.05) is 23.9 Å². The molecule has 1 fully saturated rings. The van der Waals surface area contributed by atoms with Crippen molar-refractivity contribution < 1.29 is 14.3 Å². The molecule has 5 nitrogen and oxygen atoms in total. The molecule has 0 unspecified atom stereocenters. The van der Waals surface area contributed by atoms with Crippen LogP contribution in [0.15, 0.2) is 46.9 Å². The second-order valence-corrected chi connectivity index (χ2v) is 7.04. The molecule has 0 radical (unpaired) electrons. The van der Waals surface area contributed by atoms with E-state index >= 15 is 0 Å². The van der Waals surface area contributed by atoms with Crippen LogP contribution in [0.5, 0.6) is 5.75 Å². The lowest BCUT2D eigenvalue weighted by Gasteiger charge is -2.17. The van der Waals surface area contributed by atoms with Gasteiger partial charge in [0.1, 0.15) is 5.75 Å². The van der Waals surface area contributed by atoms with Crippen molar-refractivity contribution in [3.05, 3.63) is 52.0 Å². The predicted octanol–water partition coefficient (Wildman–Crippen LogP) is 4.10. The number of amides is 2. The number of nitrogens with zero attached hydrogens (tertiary/aromatic N) is 1. The fraction of sp³-hybridized carbons (Fsp3) is 0.222. The first-order chi connectivity index (χ1) is 12.0. The number of anilines is 2. The van der Waals surface area contributed by atoms with Gasteiger partial charge in [0.15, 0.2) is 0 Å². The lowest BCUT2D eigenvalue weighted by atomic mass is 10.1. The van der Waals surface area contributed by atoms with E-state index < -0.39 is 5.92 Å². The number of nitrogens with one attached hydrogen (secondary N) is 1. The molecule has 1 N–H and O–H groups in total. The molecule has 0 aromatic heterocycles. The number of hydrogen-bond donors (Lipinski definition) is 1. The fourth-order valence-electron chi connectivity index (χ4n) is 2.74. The highest BCUT2D eigenvalue weighted by atomic mass is 79.9. The Bertz CT molecular complexity index is 828. The summed E-state index contributed by atoms with van der Waals surface area (Å²) in [6, 6.07) is 12.5. The molecule has 0 aliphatic carbocycles. The van der Waals surface area contributed by atoms with Gasteiger partial charge in [-0.3, -0.25) is 9.59 Å². The number of benzene rings is 2. The molecule has 1 heterocycles. The van der Waals surface area contributed by atoms with Gasteiger partial charge in [0, 0.05) is 29.2 Å². The second-order valence-electron chi connectivity index (χ2n) is 5.72. The smallest absolute Gasteiger partial charge is 0.229 e. The zero-order chi connectivity index (χ0) is 18.0. The third-order valence-electron chi connectivity index (χ3n) is 4.05. The van der Waals surface area contributed by atoms with Gasteiger partial charge in [0.2, 0.25) is 11.8 Å². The molecule has 25 heavy (non-hydrogen) atoms. The quantitative estimate of drug-likeness (QED) is 0.805. The molecule has 0 saturated carbocycles. The Morgan fingerprint density at radius 3 is 2.84 bits per heavy atom. The SMILES string of the molecule is COc1cccc(N2C[C@@H](C(=O)Nc3ccc(Br)cc3Cl)CC2=O)c1. The minimum Gasteiger partial charge on any atom is -0.497 e. The van der Waals surface area contributed by atoms with Crippen LogP contribution in [0.1, 0.15) is 6.42 Å². The van der Waals surface area contributed by atoms with Gasteiger partial charge >= 0.3 is 0 Å². The molecule has 1 atom stereocenters. The van der Waals surface area contributed by atoms with E-state index in [0.29, 0.717) is 23.0 Å². The Balaban J connectivity index is 1.72. The second kappa shape index (κ2) is 7.45. The van der Waals surface area contributed by atoms with Crippen molar-refractivity contribution >= 4 is 50.7 Å². The molecule has 2 aromatic carbocycles. The Labute approximate surface area is 159 Å². The zero-order valence-corrected chi connectivity index (χ0v) is 15.8. The van der Waals surface area contributed by atoms with Gasteiger partial charge in [0.25, 0.3) is 0 Å². The summed E-state index contributed by atoms with van der Waals surface area (Å²) in [7, 11) is 1.57. The molecule has 7 heteroatoms. The monoisotopic (exact) mass is 422 g/mol. The third kappa shape index (κ3) is 3.96. The van der Waals surface area contributed by atoms with Gasteiger partial charge in [-0.15, -0.1) is 0 Å². The number of hydrogen-bond acceptors (Lipinski definition) is 3. The van der Waals surface area contributed by atoms with Crippen molar-refractivity contribution in [2.45, 2.75) is 6.42 Å². The maximum absolute atomic E-state index is 12.5. The van der Waals surface area contributed by atoms with E-state index in [9.17, 15) is 9.59 Å². The van der Waals surface area contributed by atoms with Crippen molar-refractivity contribution in [3.63, 3.8) is 0 Å². The van der Waals surface area contributed by atoms with E-state index in [4.69, 9.17) is 16.3 Å². The standard InChI is InChI=1S/C18H16BrClN2O3/c1-25-14-4-2-3-13(9-14)22-10-11(7-17(22)23)18(24)21-16-6-5-12(19)8-15(16)20/h2-6,8-9,11H,7,10H2,1H3,(H,21,24)/t11-/m0/s1. The van der Waals surface area contributed by atoms with Crippen molar-refractivity contribution in [1.29, 1.82) is 0 Å². The molecule has 3 rings (SSSR count). The minimum absolute atomic E-state index is 0.0877. The first kappa shape index (κ1) is 17.8. The topological polar surface area (TPSA) is 58.6 Å². The van der Waals surface area contributed by atoms with E-state index in [2.05, 4.69) is 21.2 Å². The van der Waals surface area contributed by atoms with Crippen LogP contribution in [-0.2, 0) is 9.59 Å². The van der Waals surface area contributed by atoms with E-state index in [-0.39, 0.29) is 18.2 Å². The van der Waals surface area contributed by atoms with Crippen LogP contribution in [0.2, 0.25) is 5.02 Å². The molecule has 1 saturated heterocycles. The van der Waals surface area contributed by atoms with Crippen molar-refractivity contribution in [2.24, 2.45) is 5.92 Å². The minimum atomic E-state index is -0.432. The van der Waals surface area contributed by atoms with E-state index in [1.807, 2.05) is 18.2 Å². The average molecular weight is 424 g/mol. The summed E-state index contributed by atoms with van der Waals surface area (Å²) in [5.41, 5.74) is 1.25. The number of carbonyl (C=O) groups excluding carboxylic acids is 2. The van der Waals surface area contributed by atoms with Gasteiger partial charge in [-0.2, -0.15) is 0 Å². The van der Waals surface area contributed by atoms with Crippen LogP contribution in [0.3, 0.4) is 0 Å². The van der Waals surface area contributed by atoms with Crippen LogP contribution in [0.25, 0.3) is 0 Å². The highest BCUT2D eigenvalue weighted by Gasteiger charge is 2.35. The number of methoxy groups -OCH3 is 1. The number of ether oxygens (including phenoxy) is 1. The fourth-order valence-corrected chi connectivity index (χ4v) is 3.46. The molecule has 1 aliphatic heterocycles. The molecular weight excluding hydrogens is 408 g/mol. The summed E-state index contributed by atoms with van der Waals surface area (Å²) in [4.78, 5) is 26.4. The predicted molar refractivity (Wildman–Crippen MR) is 101 cm³/mol. The average Bonchev–Trinajstić information content (AvgIpc) is 2.99. The molecule has 0 bridgehead atoms. The summed E-state index contributed by atoms with van der Waals surface area (Å²) < 4.78 is 6.02. The third-order valence-corrected chi connectivity index (χ3v) is 4.86. The molecule has 2 aromatic rings. The number of halogens is 2. The number of rotatable bonds is 4. The summed E-state index contributed by atoms with van der Waals surface area (Å²) >= 11 is 9.45. The Hall–Kier alpha value is -2.05. The maximum Gasteiger partial charge on any atom is 0.229 e. The van der Waals surface area contributed by atoms with Gasteiger partial charge in [-0.1, -0.05) is 33.6 Å². The van der Waals surface area contributed by atoms with Crippen LogP contribution >= 0.6 is 27.5 Å². The van der Waals surface area contributed by atoms with E-state index in [0.717, 1.165) is 10.2 Å². The van der Waals surface area contributed by atoms with Gasteiger partial charge in [-0.05, 0) is 30.3 Å². The molecule has 130 valence electrons. The molecular formula is C18H16BrClN2O3. The van der Waals surface area contributed by atoms with E-state index in [1.54, 1.807) is 36.3 Å². The molecule has 1 aliphatic rings. The maximum atomic E-state index is 12.5. The first-order valence-electron chi connectivity index (χ1n) is 7.68. The van der Waals surface area contributed by atoms with Crippen LogP contribution in [0.4, 0.5) is 11.4 Å². The van der Waals surface area contributed by atoms with Gasteiger partial charge in [0.05, 0.1) is 23.7 Å². The largest absolute Gasteiger partial charge is 0.497 e. The van der Waals surface area contributed by atoms with Crippen LogP contribution < -0.4 is 15.0 Å². The Morgan fingerprint density at radius 2 is 2.12 bits per heavy atom. The highest BCUT2D eigenvalue weighted by Crippen LogP contribution is 2.30. The highest BCUT2D eigenvalue weighted by molar-refractivity contribution is 9.10. The van der Waals surface area contributed by atoms with E-state index in [1.165, 1.54) is 0 Å². The summed E-state index contributed by atoms with van der Waals surface area (Å²) in [6.07, 6.45) is 0.164.